The number of hydrogen-bond acceptors (Lipinski definition) is 5. The summed E-state index contributed by atoms with van der Waals surface area (Å²) in [6.45, 7) is 1.19. The summed E-state index contributed by atoms with van der Waals surface area (Å²) in [6.07, 6.45) is -5.02. The topological polar surface area (TPSA) is 37.7 Å². The van der Waals surface area contributed by atoms with E-state index in [0.29, 0.717) is 18.8 Å². The fraction of sp³-hybridized carbons (Fsp3) is 0.294. The van der Waals surface area contributed by atoms with Crippen LogP contribution in [0.2, 0.25) is 0 Å². The molecule has 0 N–H and O–H groups in total. The molecule has 0 amide bonds. The predicted molar refractivity (Wildman–Crippen MR) is 93.2 cm³/mol. The number of anilines is 1. The van der Waals surface area contributed by atoms with Crippen LogP contribution in [0.1, 0.15) is 5.56 Å². The van der Waals surface area contributed by atoms with E-state index in [-0.39, 0.29) is 5.75 Å². The molecular weight excluding hydrogens is 370 g/mol. The summed E-state index contributed by atoms with van der Waals surface area (Å²) in [4.78, 5) is 10.4. The number of hydrogen-bond donors (Lipinski definition) is 0. The van der Waals surface area contributed by atoms with Gasteiger partial charge in [-0.1, -0.05) is 17.8 Å². The summed E-state index contributed by atoms with van der Waals surface area (Å²) >= 11 is 1.59. The fourth-order valence-corrected chi connectivity index (χ4v) is 3.20. The zero-order chi connectivity index (χ0) is 18.6. The number of aromatic nitrogens is 1. The van der Waals surface area contributed by atoms with Crippen LogP contribution >= 0.6 is 11.8 Å². The molecule has 2 aromatic rings. The summed E-state index contributed by atoms with van der Waals surface area (Å²) in [5.41, 5.74) is 1.64. The van der Waals surface area contributed by atoms with Crippen molar-refractivity contribution in [3.8, 4) is 5.75 Å². The maximum atomic E-state index is 13.0. The summed E-state index contributed by atoms with van der Waals surface area (Å²) in [5.74, 6) is 0.530. The highest BCUT2D eigenvalue weighted by molar-refractivity contribution is 8.14. The molecule has 0 aliphatic carbocycles. The van der Waals surface area contributed by atoms with Crippen LogP contribution < -0.4 is 9.64 Å². The second kappa shape index (κ2) is 7.94. The van der Waals surface area contributed by atoms with E-state index in [4.69, 9.17) is 0 Å². The van der Waals surface area contributed by atoms with E-state index in [1.807, 2.05) is 17.0 Å². The van der Waals surface area contributed by atoms with Crippen molar-refractivity contribution in [2.75, 3.05) is 17.2 Å². The van der Waals surface area contributed by atoms with Gasteiger partial charge in [0.25, 0.3) is 0 Å². The first kappa shape index (κ1) is 18.5. The number of alkyl halides is 4. The molecule has 1 aliphatic heterocycles. The molecule has 138 valence electrons. The smallest absolute Gasteiger partial charge is 0.428 e. The van der Waals surface area contributed by atoms with Crippen LogP contribution in [0.15, 0.2) is 53.8 Å². The van der Waals surface area contributed by atoms with E-state index >= 15 is 0 Å². The number of halogens is 4. The van der Waals surface area contributed by atoms with Gasteiger partial charge in [0.2, 0.25) is 0 Å². The maximum absolute atomic E-state index is 13.0. The third-order valence-electron chi connectivity index (χ3n) is 3.52. The van der Waals surface area contributed by atoms with Crippen LogP contribution in [0.3, 0.4) is 0 Å². The molecule has 0 saturated heterocycles. The first-order valence-electron chi connectivity index (χ1n) is 7.74. The number of nitrogens with zero attached hydrogens (tertiary/aromatic N) is 3. The Morgan fingerprint density at radius 3 is 2.54 bits per heavy atom. The summed E-state index contributed by atoms with van der Waals surface area (Å²) < 4.78 is 54.6. The van der Waals surface area contributed by atoms with Crippen LogP contribution in [0, 0.1) is 0 Å². The van der Waals surface area contributed by atoms with E-state index in [1.165, 1.54) is 24.3 Å². The Labute approximate surface area is 151 Å². The van der Waals surface area contributed by atoms with Gasteiger partial charge in [-0.2, -0.15) is 17.6 Å². The molecule has 0 atom stereocenters. The molecule has 2 heterocycles. The second-order valence-corrected chi connectivity index (χ2v) is 6.48. The van der Waals surface area contributed by atoms with Crippen LogP contribution in [0.5, 0.6) is 5.75 Å². The molecule has 0 saturated carbocycles. The number of pyridine rings is 1. The minimum atomic E-state index is -4.53. The molecule has 26 heavy (non-hydrogen) atoms. The largest absolute Gasteiger partial charge is 0.461 e. The number of amidine groups is 1. The highest BCUT2D eigenvalue weighted by atomic mass is 32.2. The molecule has 1 aromatic carbocycles. The van der Waals surface area contributed by atoms with Gasteiger partial charge in [-0.3, -0.25) is 9.98 Å². The molecule has 4 nitrogen and oxygen atoms in total. The van der Waals surface area contributed by atoms with Crippen molar-refractivity contribution in [1.29, 1.82) is 0 Å². The lowest BCUT2D eigenvalue weighted by Gasteiger charge is -2.24. The molecule has 0 spiro atoms. The Balaban J connectivity index is 1.80. The summed E-state index contributed by atoms with van der Waals surface area (Å²) in [6, 6.07) is 9.29. The molecule has 1 aromatic heterocycles. The number of aliphatic imine (C=N–C) groups is 1. The van der Waals surface area contributed by atoms with E-state index in [2.05, 4.69) is 14.7 Å². The number of thioether (sulfide) groups is 1. The Kier molecular flexibility index (Phi) is 5.65. The SMILES string of the molecule is FC(F)C(F)(F)Oc1ccc(N(Cc2cccnc2)C2=NCCS2)cc1. The van der Waals surface area contributed by atoms with Gasteiger partial charge in [-0.15, -0.1) is 0 Å². The van der Waals surface area contributed by atoms with Crippen LogP contribution in [0.4, 0.5) is 23.2 Å². The molecule has 3 rings (SSSR count). The summed E-state index contributed by atoms with van der Waals surface area (Å²) in [7, 11) is 0. The van der Waals surface area contributed by atoms with Crippen LogP contribution in [-0.4, -0.2) is 35.0 Å². The number of ether oxygens (including phenoxy) is 1. The lowest BCUT2D eigenvalue weighted by molar-refractivity contribution is -0.253. The Morgan fingerprint density at radius 1 is 1.19 bits per heavy atom. The zero-order valence-corrected chi connectivity index (χ0v) is 14.3. The van der Waals surface area contributed by atoms with Crippen molar-refractivity contribution in [3.63, 3.8) is 0 Å². The minimum Gasteiger partial charge on any atom is -0.428 e. The van der Waals surface area contributed by atoms with Gasteiger partial charge in [0, 0.05) is 23.8 Å². The van der Waals surface area contributed by atoms with Crippen molar-refractivity contribution in [2.24, 2.45) is 4.99 Å². The highest BCUT2D eigenvalue weighted by Gasteiger charge is 2.43. The quantitative estimate of drug-likeness (QED) is 0.690. The van der Waals surface area contributed by atoms with E-state index < -0.39 is 12.5 Å². The molecule has 0 unspecified atom stereocenters. The average Bonchev–Trinajstić information content (AvgIpc) is 3.15. The molecular formula is C17H15F4N3OS. The average molecular weight is 385 g/mol. The van der Waals surface area contributed by atoms with Crippen molar-refractivity contribution < 1.29 is 22.3 Å². The van der Waals surface area contributed by atoms with Gasteiger partial charge in [0.05, 0.1) is 13.1 Å². The third kappa shape index (κ3) is 4.46. The Hall–Kier alpha value is -2.29. The predicted octanol–water partition coefficient (Wildman–Crippen LogP) is 4.43. The lowest BCUT2D eigenvalue weighted by Crippen LogP contribution is -2.33. The van der Waals surface area contributed by atoms with Crippen LogP contribution in [-0.2, 0) is 6.54 Å². The molecule has 0 bridgehead atoms. The highest BCUT2D eigenvalue weighted by Crippen LogP contribution is 2.30. The van der Waals surface area contributed by atoms with Crippen molar-refractivity contribution in [2.45, 2.75) is 19.1 Å². The first-order chi connectivity index (χ1) is 12.5. The normalized spacial score (nSPS) is 14.4. The molecule has 0 radical (unpaired) electrons. The van der Waals surface area contributed by atoms with Gasteiger partial charge >= 0.3 is 12.5 Å². The Bertz CT molecular complexity index is 756. The lowest BCUT2D eigenvalue weighted by atomic mass is 10.2. The van der Waals surface area contributed by atoms with Crippen LogP contribution in [0.25, 0.3) is 0 Å². The van der Waals surface area contributed by atoms with Crippen molar-refractivity contribution in [3.05, 3.63) is 54.4 Å². The van der Waals surface area contributed by atoms with Gasteiger partial charge in [0.1, 0.15) is 5.75 Å². The maximum Gasteiger partial charge on any atom is 0.461 e. The van der Waals surface area contributed by atoms with Gasteiger partial charge in [0.15, 0.2) is 5.17 Å². The molecule has 9 heteroatoms. The zero-order valence-electron chi connectivity index (χ0n) is 13.5. The first-order valence-corrected chi connectivity index (χ1v) is 8.73. The van der Waals surface area contributed by atoms with E-state index in [9.17, 15) is 17.6 Å². The standard InChI is InChI=1S/C17H15F4N3OS/c18-15(19)17(20,21)25-14-5-3-13(4-6-14)24(16-23-8-9-26-16)11-12-2-1-7-22-10-12/h1-7,10,15H,8-9,11H2. The molecule has 1 aliphatic rings. The van der Waals surface area contributed by atoms with Gasteiger partial charge < -0.3 is 9.64 Å². The second-order valence-electron chi connectivity index (χ2n) is 5.42. The van der Waals surface area contributed by atoms with Gasteiger partial charge in [-0.25, -0.2) is 0 Å². The monoisotopic (exact) mass is 385 g/mol. The third-order valence-corrected chi connectivity index (χ3v) is 4.51. The van der Waals surface area contributed by atoms with E-state index in [0.717, 1.165) is 16.5 Å². The van der Waals surface area contributed by atoms with E-state index in [1.54, 1.807) is 24.2 Å². The minimum absolute atomic E-state index is 0.332. The van der Waals surface area contributed by atoms with Crippen molar-refractivity contribution in [1.82, 2.24) is 4.98 Å². The Morgan fingerprint density at radius 2 is 1.96 bits per heavy atom. The van der Waals surface area contributed by atoms with Crippen molar-refractivity contribution >= 4 is 22.6 Å². The fourth-order valence-electron chi connectivity index (χ4n) is 2.33. The summed E-state index contributed by atoms with van der Waals surface area (Å²) in [5, 5.41) is 0.806. The van der Waals surface area contributed by atoms with Gasteiger partial charge in [-0.05, 0) is 35.9 Å². The number of benzene rings is 1. The number of rotatable bonds is 6. The molecule has 0 fully saturated rings.